The van der Waals surface area contributed by atoms with E-state index in [9.17, 15) is 4.39 Å². The van der Waals surface area contributed by atoms with Crippen LogP contribution in [0.5, 0.6) is 0 Å². The molecule has 0 saturated heterocycles. The SMILES string of the molecule is CNC(Cc1cc(Cl)ccc1F)c1ccccc1Cl. The van der Waals surface area contributed by atoms with Gasteiger partial charge in [-0.15, -0.1) is 0 Å². The summed E-state index contributed by atoms with van der Waals surface area (Å²) < 4.78 is 13.8. The van der Waals surface area contributed by atoms with Crippen molar-refractivity contribution in [2.45, 2.75) is 12.5 Å². The minimum Gasteiger partial charge on any atom is -0.313 e. The van der Waals surface area contributed by atoms with Crippen LogP contribution >= 0.6 is 23.2 Å². The second kappa shape index (κ2) is 6.38. The molecular formula is C15H14Cl2FN. The van der Waals surface area contributed by atoms with Gasteiger partial charge in [0.05, 0.1) is 0 Å². The lowest BCUT2D eigenvalue weighted by molar-refractivity contribution is 0.554. The molecule has 2 aromatic rings. The van der Waals surface area contributed by atoms with Crippen molar-refractivity contribution in [1.82, 2.24) is 5.32 Å². The Kier molecular flexibility index (Phi) is 4.81. The van der Waals surface area contributed by atoms with Crippen LogP contribution in [0.15, 0.2) is 42.5 Å². The van der Waals surface area contributed by atoms with Crippen molar-refractivity contribution in [2.75, 3.05) is 7.05 Å². The lowest BCUT2D eigenvalue weighted by Crippen LogP contribution is -2.19. The van der Waals surface area contributed by atoms with Gasteiger partial charge in [-0.2, -0.15) is 0 Å². The topological polar surface area (TPSA) is 12.0 Å². The van der Waals surface area contributed by atoms with Crippen LogP contribution in [0, 0.1) is 5.82 Å². The molecule has 0 radical (unpaired) electrons. The first kappa shape index (κ1) is 14.3. The molecule has 4 heteroatoms. The summed E-state index contributed by atoms with van der Waals surface area (Å²) in [7, 11) is 1.83. The molecule has 19 heavy (non-hydrogen) atoms. The smallest absolute Gasteiger partial charge is 0.126 e. The number of rotatable bonds is 4. The highest BCUT2D eigenvalue weighted by atomic mass is 35.5. The Labute approximate surface area is 122 Å². The largest absolute Gasteiger partial charge is 0.313 e. The van der Waals surface area contributed by atoms with Gasteiger partial charge in [-0.3, -0.25) is 0 Å². The van der Waals surface area contributed by atoms with Crippen molar-refractivity contribution in [3.63, 3.8) is 0 Å². The van der Waals surface area contributed by atoms with E-state index >= 15 is 0 Å². The molecule has 1 atom stereocenters. The fraction of sp³-hybridized carbons (Fsp3) is 0.200. The summed E-state index contributed by atoms with van der Waals surface area (Å²) in [5, 5.41) is 4.36. The molecule has 100 valence electrons. The number of likely N-dealkylation sites (N-methyl/N-ethyl adjacent to an activating group) is 1. The lowest BCUT2D eigenvalue weighted by atomic mass is 9.98. The van der Waals surface area contributed by atoms with Gasteiger partial charge in [-0.1, -0.05) is 41.4 Å². The summed E-state index contributed by atoms with van der Waals surface area (Å²) in [5.41, 5.74) is 1.53. The second-order valence-electron chi connectivity index (χ2n) is 4.30. The van der Waals surface area contributed by atoms with Crippen molar-refractivity contribution in [3.05, 3.63) is 69.5 Å². The Hall–Kier alpha value is -1.09. The van der Waals surface area contributed by atoms with Crippen LogP contribution < -0.4 is 5.32 Å². The molecule has 0 amide bonds. The molecule has 0 fully saturated rings. The van der Waals surface area contributed by atoms with Crippen molar-refractivity contribution >= 4 is 23.2 Å². The maximum absolute atomic E-state index is 13.8. The minimum absolute atomic E-state index is 0.0540. The van der Waals surface area contributed by atoms with Crippen LogP contribution in [-0.2, 0) is 6.42 Å². The summed E-state index contributed by atoms with van der Waals surface area (Å²) in [5.74, 6) is -0.253. The van der Waals surface area contributed by atoms with Gasteiger partial charge in [0, 0.05) is 16.1 Å². The third-order valence-electron chi connectivity index (χ3n) is 3.06. The number of hydrogen-bond donors (Lipinski definition) is 1. The first-order valence-electron chi connectivity index (χ1n) is 5.97. The Bertz CT molecular complexity index is 572. The third kappa shape index (κ3) is 3.47. The van der Waals surface area contributed by atoms with Gasteiger partial charge in [0.25, 0.3) is 0 Å². The molecule has 2 aromatic carbocycles. The zero-order valence-corrected chi connectivity index (χ0v) is 12.0. The third-order valence-corrected chi connectivity index (χ3v) is 3.64. The Morgan fingerprint density at radius 2 is 1.89 bits per heavy atom. The van der Waals surface area contributed by atoms with Gasteiger partial charge in [-0.25, -0.2) is 4.39 Å². The van der Waals surface area contributed by atoms with Gasteiger partial charge in [0.2, 0.25) is 0 Å². The van der Waals surface area contributed by atoms with Gasteiger partial charge in [-0.05, 0) is 48.9 Å². The molecule has 1 N–H and O–H groups in total. The van der Waals surface area contributed by atoms with Crippen LogP contribution in [-0.4, -0.2) is 7.05 Å². The van der Waals surface area contributed by atoms with Crippen LogP contribution in [0.1, 0.15) is 17.2 Å². The molecule has 1 nitrogen and oxygen atoms in total. The Morgan fingerprint density at radius 3 is 2.58 bits per heavy atom. The average Bonchev–Trinajstić information content (AvgIpc) is 2.41. The highest BCUT2D eigenvalue weighted by Crippen LogP contribution is 2.27. The number of halogens is 3. The predicted octanol–water partition coefficient (Wildman–Crippen LogP) is 4.64. The molecule has 0 aromatic heterocycles. The normalized spacial score (nSPS) is 12.4. The maximum atomic E-state index is 13.8. The van der Waals surface area contributed by atoms with E-state index in [4.69, 9.17) is 23.2 Å². The van der Waals surface area contributed by atoms with Gasteiger partial charge >= 0.3 is 0 Å². The lowest BCUT2D eigenvalue weighted by Gasteiger charge is -2.18. The van der Waals surface area contributed by atoms with Crippen LogP contribution in [0.4, 0.5) is 4.39 Å². The predicted molar refractivity (Wildman–Crippen MR) is 78.4 cm³/mol. The zero-order chi connectivity index (χ0) is 13.8. The Morgan fingerprint density at radius 1 is 1.16 bits per heavy atom. The summed E-state index contributed by atoms with van der Waals surface area (Å²) in [6, 6.07) is 12.1. The molecule has 0 heterocycles. The summed E-state index contributed by atoms with van der Waals surface area (Å²) in [6.45, 7) is 0. The van der Waals surface area contributed by atoms with E-state index in [0.29, 0.717) is 22.0 Å². The first-order chi connectivity index (χ1) is 9.11. The van der Waals surface area contributed by atoms with Crippen molar-refractivity contribution in [1.29, 1.82) is 0 Å². The summed E-state index contributed by atoms with van der Waals surface area (Å²) in [6.07, 6.45) is 0.493. The maximum Gasteiger partial charge on any atom is 0.126 e. The van der Waals surface area contributed by atoms with Crippen molar-refractivity contribution in [2.24, 2.45) is 0 Å². The van der Waals surface area contributed by atoms with Crippen LogP contribution in [0.3, 0.4) is 0 Å². The van der Waals surface area contributed by atoms with E-state index in [2.05, 4.69) is 5.32 Å². The summed E-state index contributed by atoms with van der Waals surface area (Å²) in [4.78, 5) is 0. The second-order valence-corrected chi connectivity index (χ2v) is 5.15. The van der Waals surface area contributed by atoms with E-state index < -0.39 is 0 Å². The van der Waals surface area contributed by atoms with Gasteiger partial charge in [0.15, 0.2) is 0 Å². The molecule has 1 unspecified atom stereocenters. The molecule has 0 saturated carbocycles. The Balaban J connectivity index is 2.29. The van der Waals surface area contributed by atoms with Crippen molar-refractivity contribution in [3.8, 4) is 0 Å². The standard InChI is InChI=1S/C15H14Cl2FN/c1-19-15(12-4-2-3-5-13(12)17)9-10-8-11(16)6-7-14(10)18/h2-8,15,19H,9H2,1H3. The van der Waals surface area contributed by atoms with Crippen LogP contribution in [0.25, 0.3) is 0 Å². The quantitative estimate of drug-likeness (QED) is 0.867. The fourth-order valence-corrected chi connectivity index (χ4v) is 2.51. The summed E-state index contributed by atoms with van der Waals surface area (Å²) >= 11 is 12.1. The molecule has 0 aliphatic carbocycles. The van der Waals surface area contributed by atoms with Crippen LogP contribution in [0.2, 0.25) is 10.0 Å². The van der Waals surface area contributed by atoms with E-state index in [1.807, 2.05) is 31.3 Å². The average molecular weight is 298 g/mol. The highest BCUT2D eigenvalue weighted by molar-refractivity contribution is 6.31. The van der Waals surface area contributed by atoms with Crippen molar-refractivity contribution < 1.29 is 4.39 Å². The fourth-order valence-electron chi connectivity index (χ4n) is 2.04. The van der Waals surface area contributed by atoms with E-state index in [1.165, 1.54) is 6.07 Å². The van der Waals surface area contributed by atoms with Gasteiger partial charge in [0.1, 0.15) is 5.82 Å². The van der Waals surface area contributed by atoms with E-state index in [0.717, 1.165) is 5.56 Å². The molecule has 2 rings (SSSR count). The molecule has 0 aliphatic heterocycles. The first-order valence-corrected chi connectivity index (χ1v) is 6.73. The number of benzene rings is 2. The molecule has 0 bridgehead atoms. The van der Waals surface area contributed by atoms with E-state index in [-0.39, 0.29) is 11.9 Å². The number of hydrogen-bond acceptors (Lipinski definition) is 1. The highest BCUT2D eigenvalue weighted by Gasteiger charge is 2.15. The molecule has 0 aliphatic rings. The zero-order valence-electron chi connectivity index (χ0n) is 10.5. The number of nitrogens with one attached hydrogen (secondary N) is 1. The molecular weight excluding hydrogens is 284 g/mol. The molecule has 0 spiro atoms. The van der Waals surface area contributed by atoms with Gasteiger partial charge < -0.3 is 5.32 Å². The van der Waals surface area contributed by atoms with E-state index in [1.54, 1.807) is 12.1 Å². The minimum atomic E-state index is -0.253. The monoisotopic (exact) mass is 297 g/mol.